The molecule has 0 unspecified atom stereocenters. The highest BCUT2D eigenvalue weighted by molar-refractivity contribution is 7.89. The second-order valence-corrected chi connectivity index (χ2v) is 10.5. The van der Waals surface area contributed by atoms with Gasteiger partial charge >= 0.3 is 7.12 Å². The summed E-state index contributed by atoms with van der Waals surface area (Å²) in [6.07, 6.45) is 0. The van der Waals surface area contributed by atoms with Gasteiger partial charge in [-0.15, -0.1) is 0 Å². The highest BCUT2D eigenvalue weighted by Gasteiger charge is 2.52. The molecule has 2 rings (SSSR count). The van der Waals surface area contributed by atoms with Gasteiger partial charge in [0, 0.05) is 5.54 Å². The summed E-state index contributed by atoms with van der Waals surface area (Å²) in [6.45, 7) is 17.2. The van der Waals surface area contributed by atoms with E-state index in [0.717, 1.165) is 11.0 Å². The topological polar surface area (TPSA) is 64.6 Å². The van der Waals surface area contributed by atoms with E-state index in [1.54, 1.807) is 12.1 Å². The molecule has 1 N–H and O–H groups in total. The van der Waals surface area contributed by atoms with Crippen LogP contribution in [0.4, 0.5) is 0 Å². The molecule has 0 aromatic heterocycles. The third kappa shape index (κ3) is 3.94. The summed E-state index contributed by atoms with van der Waals surface area (Å²) in [5, 5.41) is 0. The fourth-order valence-corrected chi connectivity index (χ4v) is 4.51. The maximum absolute atomic E-state index is 12.7. The number of hydrogen-bond donors (Lipinski definition) is 1. The Morgan fingerprint density at radius 3 is 1.88 bits per heavy atom. The SMILES string of the molecule is Cc1c(B2OC(C)(C)C(C)(C)O2)ccc(S(=O)(=O)NC(C)(C)C)c1C. The minimum atomic E-state index is -3.59. The average Bonchev–Trinajstić information content (AvgIpc) is 2.58. The van der Waals surface area contributed by atoms with Gasteiger partial charge in [-0.05, 0) is 85.0 Å². The molecule has 25 heavy (non-hydrogen) atoms. The lowest BCUT2D eigenvalue weighted by Crippen LogP contribution is -2.41. The first kappa shape index (κ1) is 20.4. The highest BCUT2D eigenvalue weighted by atomic mass is 32.2. The molecule has 1 fully saturated rings. The van der Waals surface area contributed by atoms with Crippen molar-refractivity contribution in [3.63, 3.8) is 0 Å². The van der Waals surface area contributed by atoms with Crippen LogP contribution in [0.1, 0.15) is 59.6 Å². The van der Waals surface area contributed by atoms with Crippen LogP contribution in [0.2, 0.25) is 0 Å². The number of nitrogens with one attached hydrogen (secondary N) is 1. The molecular weight excluding hydrogens is 337 g/mol. The Morgan fingerprint density at radius 1 is 0.960 bits per heavy atom. The molecule has 0 atom stereocenters. The van der Waals surface area contributed by atoms with Crippen LogP contribution in [0.5, 0.6) is 0 Å². The largest absolute Gasteiger partial charge is 0.495 e. The van der Waals surface area contributed by atoms with E-state index in [4.69, 9.17) is 9.31 Å². The zero-order chi connectivity index (χ0) is 19.4. The first-order chi connectivity index (χ1) is 11.1. The summed E-state index contributed by atoms with van der Waals surface area (Å²) >= 11 is 0. The van der Waals surface area contributed by atoms with Crippen LogP contribution in [0.3, 0.4) is 0 Å². The first-order valence-corrected chi connectivity index (χ1v) is 10.1. The highest BCUT2D eigenvalue weighted by Crippen LogP contribution is 2.37. The fraction of sp³-hybridized carbons (Fsp3) is 0.667. The van der Waals surface area contributed by atoms with E-state index in [1.165, 1.54) is 0 Å². The molecule has 0 radical (unpaired) electrons. The number of hydrogen-bond acceptors (Lipinski definition) is 4. The standard InChI is InChI=1S/C18H30BNO4S/c1-12-13(2)15(25(21,22)20-16(3,4)5)11-10-14(12)19-23-17(6,7)18(8,9)24-19/h10-11,20H,1-9H3. The Balaban J connectivity index is 2.43. The molecule has 1 aliphatic rings. The first-order valence-electron chi connectivity index (χ1n) is 8.57. The maximum atomic E-state index is 12.7. The van der Waals surface area contributed by atoms with Crippen molar-refractivity contribution in [3.8, 4) is 0 Å². The van der Waals surface area contributed by atoms with Gasteiger partial charge in [0.2, 0.25) is 10.0 Å². The van der Waals surface area contributed by atoms with Crippen molar-refractivity contribution in [2.24, 2.45) is 0 Å². The molecule has 1 aliphatic heterocycles. The van der Waals surface area contributed by atoms with E-state index in [1.807, 2.05) is 62.3 Å². The van der Waals surface area contributed by atoms with Crippen LogP contribution in [0.25, 0.3) is 0 Å². The molecule has 0 amide bonds. The van der Waals surface area contributed by atoms with Crippen LogP contribution in [-0.4, -0.2) is 32.3 Å². The molecule has 1 saturated heterocycles. The van der Waals surface area contributed by atoms with Crippen LogP contribution in [0, 0.1) is 13.8 Å². The maximum Gasteiger partial charge on any atom is 0.495 e. The number of sulfonamides is 1. The Hall–Kier alpha value is -0.885. The van der Waals surface area contributed by atoms with Gasteiger partial charge < -0.3 is 9.31 Å². The van der Waals surface area contributed by atoms with Crippen LogP contribution in [0.15, 0.2) is 17.0 Å². The second kappa shape index (κ2) is 6.08. The van der Waals surface area contributed by atoms with Gasteiger partial charge in [0.15, 0.2) is 0 Å². The van der Waals surface area contributed by atoms with E-state index in [-0.39, 0.29) is 0 Å². The molecule has 0 aliphatic carbocycles. The average molecular weight is 367 g/mol. The predicted molar refractivity (Wildman–Crippen MR) is 102 cm³/mol. The molecule has 5 nitrogen and oxygen atoms in total. The second-order valence-electron chi connectivity index (χ2n) is 8.85. The van der Waals surface area contributed by atoms with Crippen molar-refractivity contribution in [3.05, 3.63) is 23.3 Å². The van der Waals surface area contributed by atoms with E-state index in [0.29, 0.717) is 10.5 Å². The molecule has 0 saturated carbocycles. The predicted octanol–water partition coefficient (Wildman–Crippen LogP) is 2.68. The molecule has 7 heteroatoms. The minimum Gasteiger partial charge on any atom is -0.399 e. The third-order valence-electron chi connectivity index (χ3n) is 5.02. The van der Waals surface area contributed by atoms with E-state index in [2.05, 4.69) is 4.72 Å². The van der Waals surface area contributed by atoms with Crippen molar-refractivity contribution < 1.29 is 17.7 Å². The summed E-state index contributed by atoms with van der Waals surface area (Å²) in [6, 6.07) is 3.43. The summed E-state index contributed by atoms with van der Waals surface area (Å²) < 4.78 is 40.3. The summed E-state index contributed by atoms with van der Waals surface area (Å²) in [5.41, 5.74) is 1.04. The lowest BCUT2D eigenvalue weighted by atomic mass is 9.75. The molecule has 1 aromatic carbocycles. The summed E-state index contributed by atoms with van der Waals surface area (Å²) in [7, 11) is -4.09. The Kier molecular flexibility index (Phi) is 4.97. The summed E-state index contributed by atoms with van der Waals surface area (Å²) in [4.78, 5) is 0.292. The van der Waals surface area contributed by atoms with Gasteiger partial charge in [0.25, 0.3) is 0 Å². The molecule has 140 valence electrons. The van der Waals surface area contributed by atoms with E-state index >= 15 is 0 Å². The van der Waals surface area contributed by atoms with Crippen molar-refractivity contribution in [2.45, 2.75) is 84.0 Å². The normalized spacial score (nSPS) is 20.1. The Bertz CT molecular complexity index is 763. The van der Waals surface area contributed by atoms with Gasteiger partial charge in [0.1, 0.15) is 0 Å². The third-order valence-corrected chi connectivity index (χ3v) is 6.92. The smallest absolute Gasteiger partial charge is 0.399 e. The zero-order valence-electron chi connectivity index (χ0n) is 16.8. The van der Waals surface area contributed by atoms with Crippen LogP contribution < -0.4 is 10.2 Å². The number of benzene rings is 1. The van der Waals surface area contributed by atoms with Crippen LogP contribution in [-0.2, 0) is 19.3 Å². The van der Waals surface area contributed by atoms with Gasteiger partial charge in [0.05, 0.1) is 16.1 Å². The molecule has 0 spiro atoms. The zero-order valence-corrected chi connectivity index (χ0v) is 17.6. The monoisotopic (exact) mass is 367 g/mol. The molecule has 1 heterocycles. The quantitative estimate of drug-likeness (QED) is 0.835. The van der Waals surface area contributed by atoms with Crippen molar-refractivity contribution in [2.75, 3.05) is 0 Å². The van der Waals surface area contributed by atoms with Crippen molar-refractivity contribution in [1.82, 2.24) is 4.72 Å². The fourth-order valence-electron chi connectivity index (χ4n) is 2.79. The van der Waals surface area contributed by atoms with Gasteiger partial charge in [-0.3, -0.25) is 0 Å². The summed E-state index contributed by atoms with van der Waals surface area (Å²) in [5.74, 6) is 0. The molecule has 0 bridgehead atoms. The molecule has 1 aromatic rings. The lowest BCUT2D eigenvalue weighted by Gasteiger charge is -2.32. The van der Waals surface area contributed by atoms with Gasteiger partial charge in [-0.1, -0.05) is 6.07 Å². The Labute approximate surface area is 152 Å². The van der Waals surface area contributed by atoms with E-state index < -0.39 is 33.9 Å². The number of rotatable bonds is 3. The van der Waals surface area contributed by atoms with E-state index in [9.17, 15) is 8.42 Å². The minimum absolute atomic E-state index is 0.292. The van der Waals surface area contributed by atoms with Gasteiger partial charge in [-0.25, -0.2) is 13.1 Å². The van der Waals surface area contributed by atoms with Crippen molar-refractivity contribution in [1.29, 1.82) is 0 Å². The molecular formula is C18H30BNO4S. The Morgan fingerprint density at radius 2 is 1.44 bits per heavy atom. The van der Waals surface area contributed by atoms with Crippen LogP contribution >= 0.6 is 0 Å². The lowest BCUT2D eigenvalue weighted by molar-refractivity contribution is 0.00578. The van der Waals surface area contributed by atoms with Crippen molar-refractivity contribution >= 4 is 22.6 Å². The van der Waals surface area contributed by atoms with Gasteiger partial charge in [-0.2, -0.15) is 0 Å².